The Bertz CT molecular complexity index is 1110. The van der Waals surface area contributed by atoms with E-state index in [0.717, 1.165) is 34.8 Å². The van der Waals surface area contributed by atoms with Crippen molar-refractivity contribution in [2.75, 3.05) is 0 Å². The van der Waals surface area contributed by atoms with Crippen LogP contribution < -0.4 is 5.73 Å². The van der Waals surface area contributed by atoms with E-state index in [-0.39, 0.29) is 0 Å². The zero-order valence-corrected chi connectivity index (χ0v) is 16.4. The maximum absolute atomic E-state index is 5.85. The van der Waals surface area contributed by atoms with Crippen LogP contribution >= 0.6 is 0 Å². The molecular formula is C20H24N8. The number of fused-ring (bicyclic) bond motifs is 1. The molecule has 2 N–H and O–H groups in total. The summed E-state index contributed by atoms with van der Waals surface area (Å²) in [4.78, 5) is 13.7. The Morgan fingerprint density at radius 1 is 1.21 bits per heavy atom. The molecule has 144 valence electrons. The monoisotopic (exact) mass is 376 g/mol. The van der Waals surface area contributed by atoms with Crippen LogP contribution in [0.1, 0.15) is 42.3 Å². The van der Waals surface area contributed by atoms with Gasteiger partial charge in [-0.3, -0.25) is 9.67 Å². The largest absolute Gasteiger partial charge is 0.404 e. The number of nitrogens with two attached hydrogens (primary N) is 1. The van der Waals surface area contributed by atoms with Gasteiger partial charge in [-0.05, 0) is 62.9 Å². The summed E-state index contributed by atoms with van der Waals surface area (Å²) in [7, 11) is 1.93. The molecule has 0 bridgehead atoms. The molecule has 2 aliphatic rings. The van der Waals surface area contributed by atoms with Crippen molar-refractivity contribution in [3.8, 4) is 11.5 Å². The first-order chi connectivity index (χ1) is 13.5. The summed E-state index contributed by atoms with van der Waals surface area (Å²) in [6, 6.07) is 4.60. The van der Waals surface area contributed by atoms with E-state index < -0.39 is 0 Å². The Morgan fingerprint density at radius 3 is 2.79 bits per heavy atom. The van der Waals surface area contributed by atoms with Gasteiger partial charge in [0.15, 0.2) is 0 Å². The Morgan fingerprint density at radius 2 is 2.04 bits per heavy atom. The van der Waals surface area contributed by atoms with Crippen molar-refractivity contribution < 1.29 is 0 Å². The van der Waals surface area contributed by atoms with Crippen molar-refractivity contribution >= 4 is 12.0 Å². The van der Waals surface area contributed by atoms with Crippen LogP contribution in [0.5, 0.6) is 0 Å². The van der Waals surface area contributed by atoms with E-state index in [9.17, 15) is 0 Å². The van der Waals surface area contributed by atoms with Crippen LogP contribution in [-0.2, 0) is 7.05 Å². The summed E-state index contributed by atoms with van der Waals surface area (Å²) in [5, 5.41) is 9.36. The van der Waals surface area contributed by atoms with E-state index in [2.05, 4.69) is 26.1 Å². The minimum absolute atomic E-state index is 0.375. The minimum Gasteiger partial charge on any atom is -0.404 e. The zero-order valence-electron chi connectivity index (χ0n) is 16.4. The summed E-state index contributed by atoms with van der Waals surface area (Å²) in [6.45, 7) is 3.97. The first-order valence-electron chi connectivity index (χ1n) is 9.74. The van der Waals surface area contributed by atoms with Gasteiger partial charge < -0.3 is 5.73 Å². The molecule has 2 saturated carbocycles. The third kappa shape index (κ3) is 2.98. The maximum Gasteiger partial charge on any atom is 0.253 e. The Hall–Kier alpha value is -3.03. The van der Waals surface area contributed by atoms with Gasteiger partial charge in [-0.25, -0.2) is 9.50 Å². The summed E-state index contributed by atoms with van der Waals surface area (Å²) in [5.74, 6) is 2.03. The van der Waals surface area contributed by atoms with E-state index >= 15 is 0 Å². The Kier molecular flexibility index (Phi) is 3.82. The zero-order chi connectivity index (χ0) is 19.4. The van der Waals surface area contributed by atoms with Crippen LogP contribution in [0.2, 0.25) is 0 Å². The molecule has 3 aromatic rings. The number of hydrogen-bond acceptors (Lipinski definition) is 6. The highest BCUT2D eigenvalue weighted by atomic mass is 15.4. The fourth-order valence-electron chi connectivity index (χ4n) is 3.72. The van der Waals surface area contributed by atoms with Crippen molar-refractivity contribution in [3.63, 3.8) is 0 Å². The number of nitrogens with zero attached hydrogens (tertiary/aromatic N) is 7. The molecule has 8 nitrogen and oxygen atoms in total. The average Bonchev–Trinajstić information content (AvgIpc) is 3.56. The number of rotatable bonds is 5. The van der Waals surface area contributed by atoms with Crippen molar-refractivity contribution in [1.29, 1.82) is 0 Å². The van der Waals surface area contributed by atoms with Crippen LogP contribution in [0.15, 0.2) is 28.9 Å². The lowest BCUT2D eigenvalue weighted by atomic mass is 10.1. The van der Waals surface area contributed by atoms with Crippen LogP contribution in [0, 0.1) is 19.8 Å². The van der Waals surface area contributed by atoms with Crippen LogP contribution in [0.3, 0.4) is 0 Å². The molecule has 0 amide bonds. The molecule has 8 heteroatoms. The van der Waals surface area contributed by atoms with E-state index in [1.807, 2.05) is 37.9 Å². The SMILES string of the molecule is Cc1cc(C)n2nc(-c3cc(C4CC4/C(C=NC4CC4)=C/N)nn3C)nc2n1. The predicted molar refractivity (Wildman–Crippen MR) is 107 cm³/mol. The quantitative estimate of drug-likeness (QED) is 0.689. The third-order valence-electron chi connectivity index (χ3n) is 5.52. The number of aliphatic imine (C=N–C) groups is 1. The average molecular weight is 376 g/mol. The van der Waals surface area contributed by atoms with Crippen molar-refractivity contribution in [3.05, 3.63) is 41.0 Å². The van der Waals surface area contributed by atoms with Crippen molar-refractivity contribution in [2.45, 2.75) is 45.1 Å². The van der Waals surface area contributed by atoms with Gasteiger partial charge in [-0.1, -0.05) is 0 Å². The summed E-state index contributed by atoms with van der Waals surface area (Å²) in [5.41, 5.74) is 10.9. The maximum atomic E-state index is 5.85. The highest BCUT2D eigenvalue weighted by molar-refractivity contribution is 5.80. The lowest BCUT2D eigenvalue weighted by molar-refractivity contribution is 0.740. The van der Waals surface area contributed by atoms with Gasteiger partial charge in [-0.2, -0.15) is 10.1 Å². The Labute approximate surface area is 163 Å². The van der Waals surface area contributed by atoms with Gasteiger partial charge in [0.05, 0.1) is 11.7 Å². The van der Waals surface area contributed by atoms with Gasteiger partial charge in [0.2, 0.25) is 5.82 Å². The molecule has 5 rings (SSSR count). The summed E-state index contributed by atoms with van der Waals surface area (Å²) < 4.78 is 3.63. The van der Waals surface area contributed by atoms with Gasteiger partial charge in [0, 0.05) is 30.6 Å². The fraction of sp³-hybridized carbons (Fsp3) is 0.450. The fourth-order valence-corrected chi connectivity index (χ4v) is 3.72. The molecule has 2 unspecified atom stereocenters. The number of aryl methyl sites for hydroxylation is 3. The second-order valence-corrected chi connectivity index (χ2v) is 7.89. The van der Waals surface area contributed by atoms with Gasteiger partial charge in [0.1, 0.15) is 5.69 Å². The highest BCUT2D eigenvalue weighted by Gasteiger charge is 2.42. The molecule has 0 saturated heterocycles. The third-order valence-corrected chi connectivity index (χ3v) is 5.52. The van der Waals surface area contributed by atoms with Crippen molar-refractivity contribution in [2.24, 2.45) is 23.7 Å². The molecule has 0 radical (unpaired) electrons. The predicted octanol–water partition coefficient (Wildman–Crippen LogP) is 2.32. The number of allylic oxidation sites excluding steroid dienone is 1. The molecule has 0 spiro atoms. The first kappa shape index (κ1) is 17.1. The van der Waals surface area contributed by atoms with Crippen molar-refractivity contribution in [1.82, 2.24) is 29.4 Å². The Balaban J connectivity index is 1.41. The summed E-state index contributed by atoms with van der Waals surface area (Å²) >= 11 is 0. The topological polar surface area (TPSA) is 99.3 Å². The van der Waals surface area contributed by atoms with Gasteiger partial charge in [0.25, 0.3) is 5.78 Å². The lowest BCUT2D eigenvalue weighted by Crippen LogP contribution is -1.98. The van der Waals surface area contributed by atoms with Crippen LogP contribution in [-0.4, -0.2) is 41.6 Å². The second-order valence-electron chi connectivity index (χ2n) is 7.89. The van der Waals surface area contributed by atoms with Crippen LogP contribution in [0.25, 0.3) is 17.3 Å². The lowest BCUT2D eigenvalue weighted by Gasteiger charge is -1.98. The molecule has 28 heavy (non-hydrogen) atoms. The molecule has 2 atom stereocenters. The molecule has 0 aliphatic heterocycles. The molecular weight excluding hydrogens is 352 g/mol. The second kappa shape index (κ2) is 6.25. The molecule has 2 aliphatic carbocycles. The molecule has 0 aromatic carbocycles. The first-order valence-corrected chi connectivity index (χ1v) is 9.74. The highest BCUT2D eigenvalue weighted by Crippen LogP contribution is 2.51. The van der Waals surface area contributed by atoms with Crippen LogP contribution in [0.4, 0.5) is 0 Å². The van der Waals surface area contributed by atoms with E-state index in [4.69, 9.17) is 10.8 Å². The van der Waals surface area contributed by atoms with E-state index in [1.165, 1.54) is 12.8 Å². The molecule has 3 aromatic heterocycles. The van der Waals surface area contributed by atoms with Gasteiger partial charge >= 0.3 is 0 Å². The smallest absolute Gasteiger partial charge is 0.253 e. The summed E-state index contributed by atoms with van der Waals surface area (Å²) in [6.07, 6.45) is 7.11. The molecule has 2 fully saturated rings. The van der Waals surface area contributed by atoms with Gasteiger partial charge in [-0.15, -0.1) is 5.10 Å². The van der Waals surface area contributed by atoms with E-state index in [1.54, 1.807) is 10.7 Å². The normalized spacial score (nSPS) is 22.5. The molecule has 3 heterocycles. The number of aromatic nitrogens is 6. The van der Waals surface area contributed by atoms with E-state index in [0.29, 0.717) is 29.5 Å². The standard InChI is InChI=1S/C20H24N8/c1-11-6-12(2)28-20(23-11)24-19(26-28)18-8-17(25-27(18)3)16-7-15(16)13(9-21)10-22-14-4-5-14/h6,8-10,14-16H,4-5,7,21H2,1-3H3/b13-9+,22-10?. The number of hydrogen-bond donors (Lipinski definition) is 1. The minimum atomic E-state index is 0.375.